The molecule has 0 aromatic heterocycles. The minimum atomic E-state index is -0.514. The first kappa shape index (κ1) is 23.7. The Morgan fingerprint density at radius 3 is 2.23 bits per heavy atom. The summed E-state index contributed by atoms with van der Waals surface area (Å²) in [5, 5.41) is 2.84. The summed E-state index contributed by atoms with van der Waals surface area (Å²) in [5.41, 5.74) is 4.72. The molecular formula is C26H36N2O2. The molecule has 0 unspecified atom stereocenters. The Balaban J connectivity index is 2.13. The van der Waals surface area contributed by atoms with Gasteiger partial charge in [0.1, 0.15) is 6.04 Å². The van der Waals surface area contributed by atoms with Gasteiger partial charge < -0.3 is 10.2 Å². The van der Waals surface area contributed by atoms with E-state index in [9.17, 15) is 9.59 Å². The van der Waals surface area contributed by atoms with Gasteiger partial charge in [0.25, 0.3) is 0 Å². The van der Waals surface area contributed by atoms with Crippen molar-refractivity contribution in [1.29, 1.82) is 0 Å². The van der Waals surface area contributed by atoms with Gasteiger partial charge in [-0.25, -0.2) is 0 Å². The lowest BCUT2D eigenvalue weighted by atomic mass is 9.86. The van der Waals surface area contributed by atoms with Crippen LogP contribution in [0.4, 0.5) is 0 Å². The predicted octanol–water partition coefficient (Wildman–Crippen LogP) is 4.78. The molecule has 0 aliphatic heterocycles. The highest BCUT2D eigenvalue weighted by atomic mass is 16.2. The first-order chi connectivity index (χ1) is 14.1. The van der Waals surface area contributed by atoms with Crippen molar-refractivity contribution in [2.24, 2.45) is 0 Å². The van der Waals surface area contributed by atoms with Crippen LogP contribution in [0, 0.1) is 6.92 Å². The van der Waals surface area contributed by atoms with Gasteiger partial charge in [-0.1, -0.05) is 69.3 Å². The van der Waals surface area contributed by atoms with Gasteiger partial charge in [0.2, 0.25) is 11.8 Å². The van der Waals surface area contributed by atoms with E-state index in [1.807, 2.05) is 38.1 Å². The number of likely N-dealkylation sites (N-methyl/N-ethyl adjacent to an activating group) is 1. The van der Waals surface area contributed by atoms with Gasteiger partial charge in [0, 0.05) is 19.5 Å². The highest BCUT2D eigenvalue weighted by Crippen LogP contribution is 2.23. The number of amides is 2. The van der Waals surface area contributed by atoms with Crippen molar-refractivity contribution < 1.29 is 9.59 Å². The van der Waals surface area contributed by atoms with Gasteiger partial charge in [-0.2, -0.15) is 0 Å². The zero-order valence-electron chi connectivity index (χ0n) is 19.3. The highest BCUT2D eigenvalue weighted by molar-refractivity contribution is 5.87. The first-order valence-corrected chi connectivity index (χ1v) is 10.8. The second kappa shape index (κ2) is 10.4. The molecular weight excluding hydrogens is 372 g/mol. The molecule has 1 atom stereocenters. The molecule has 0 radical (unpaired) electrons. The number of aryl methyl sites for hydroxylation is 2. The summed E-state index contributed by atoms with van der Waals surface area (Å²) in [6.07, 6.45) is 1.04. The third kappa shape index (κ3) is 6.45. The number of hydrogen-bond donors (Lipinski definition) is 1. The van der Waals surface area contributed by atoms with E-state index in [2.05, 4.69) is 50.4 Å². The molecule has 1 N–H and O–H groups in total. The minimum absolute atomic E-state index is 0.00287. The second-order valence-electron chi connectivity index (χ2n) is 8.97. The Bertz CT molecular complexity index is 850. The van der Waals surface area contributed by atoms with E-state index in [-0.39, 0.29) is 17.2 Å². The van der Waals surface area contributed by atoms with Gasteiger partial charge in [0.05, 0.1) is 0 Å². The molecule has 0 heterocycles. The number of carbonyl (C=O) groups is 2. The fraction of sp³-hybridized carbons (Fsp3) is 0.462. The molecule has 2 rings (SSSR count). The summed E-state index contributed by atoms with van der Waals surface area (Å²) >= 11 is 0. The Kier molecular flexibility index (Phi) is 8.22. The van der Waals surface area contributed by atoms with Crippen molar-refractivity contribution in [3.05, 3.63) is 70.8 Å². The summed E-state index contributed by atoms with van der Waals surface area (Å²) in [4.78, 5) is 27.3. The molecule has 4 heteroatoms. The SMILES string of the molecule is CCNC(=O)[C@H](C)N(Cc1ccccc1C)C(=O)CCc1ccc(C(C)(C)C)cc1. The number of carbonyl (C=O) groups excluding carboxylic acids is 2. The maximum Gasteiger partial charge on any atom is 0.242 e. The highest BCUT2D eigenvalue weighted by Gasteiger charge is 2.26. The number of nitrogens with one attached hydrogen (secondary N) is 1. The van der Waals surface area contributed by atoms with Crippen LogP contribution in [0.25, 0.3) is 0 Å². The van der Waals surface area contributed by atoms with Crippen LogP contribution >= 0.6 is 0 Å². The van der Waals surface area contributed by atoms with Gasteiger partial charge in [-0.05, 0) is 54.9 Å². The number of rotatable bonds is 8. The summed E-state index contributed by atoms with van der Waals surface area (Å²) < 4.78 is 0. The van der Waals surface area contributed by atoms with Crippen LogP contribution in [0.5, 0.6) is 0 Å². The summed E-state index contributed by atoms with van der Waals surface area (Å²) in [6, 6.07) is 16.0. The molecule has 0 saturated heterocycles. The third-order valence-electron chi connectivity index (χ3n) is 5.57. The van der Waals surface area contributed by atoms with Crippen molar-refractivity contribution in [2.45, 2.75) is 72.4 Å². The van der Waals surface area contributed by atoms with Crippen LogP contribution in [0.1, 0.15) is 63.3 Å². The lowest BCUT2D eigenvalue weighted by molar-refractivity contribution is -0.140. The van der Waals surface area contributed by atoms with E-state index in [4.69, 9.17) is 0 Å². The van der Waals surface area contributed by atoms with Crippen LogP contribution in [0.2, 0.25) is 0 Å². The number of nitrogens with zero attached hydrogens (tertiary/aromatic N) is 1. The average Bonchev–Trinajstić information content (AvgIpc) is 2.70. The topological polar surface area (TPSA) is 49.4 Å². The van der Waals surface area contributed by atoms with E-state index in [1.165, 1.54) is 5.56 Å². The van der Waals surface area contributed by atoms with Gasteiger partial charge in [-0.15, -0.1) is 0 Å². The predicted molar refractivity (Wildman–Crippen MR) is 123 cm³/mol. The molecule has 0 saturated carbocycles. The summed E-state index contributed by atoms with van der Waals surface area (Å²) in [6.45, 7) is 13.3. The van der Waals surface area contributed by atoms with Gasteiger partial charge >= 0.3 is 0 Å². The Labute approximate surface area is 181 Å². The molecule has 2 aromatic rings. The Morgan fingerprint density at radius 1 is 1.03 bits per heavy atom. The van der Waals surface area contributed by atoms with Crippen molar-refractivity contribution in [3.63, 3.8) is 0 Å². The van der Waals surface area contributed by atoms with Crippen LogP contribution in [-0.2, 0) is 28.0 Å². The molecule has 30 heavy (non-hydrogen) atoms. The van der Waals surface area contributed by atoms with Gasteiger partial charge in [0.15, 0.2) is 0 Å². The average molecular weight is 409 g/mol. The molecule has 0 fully saturated rings. The zero-order valence-corrected chi connectivity index (χ0v) is 19.3. The van der Waals surface area contributed by atoms with E-state index < -0.39 is 6.04 Å². The minimum Gasteiger partial charge on any atom is -0.355 e. The smallest absolute Gasteiger partial charge is 0.242 e. The van der Waals surface area contributed by atoms with E-state index in [1.54, 1.807) is 11.8 Å². The van der Waals surface area contributed by atoms with Crippen LogP contribution in [0.15, 0.2) is 48.5 Å². The molecule has 0 bridgehead atoms. The molecule has 2 amide bonds. The van der Waals surface area contributed by atoms with Crippen molar-refractivity contribution >= 4 is 11.8 Å². The van der Waals surface area contributed by atoms with Crippen molar-refractivity contribution in [1.82, 2.24) is 10.2 Å². The largest absolute Gasteiger partial charge is 0.355 e. The quantitative estimate of drug-likeness (QED) is 0.683. The van der Waals surface area contributed by atoms with E-state index >= 15 is 0 Å². The van der Waals surface area contributed by atoms with Crippen LogP contribution < -0.4 is 5.32 Å². The van der Waals surface area contributed by atoms with Gasteiger partial charge in [-0.3, -0.25) is 9.59 Å². The third-order valence-corrected chi connectivity index (χ3v) is 5.57. The number of hydrogen-bond acceptors (Lipinski definition) is 2. The van der Waals surface area contributed by atoms with Crippen LogP contribution in [0.3, 0.4) is 0 Å². The summed E-state index contributed by atoms with van der Waals surface area (Å²) in [5.74, 6) is -0.120. The lowest BCUT2D eigenvalue weighted by Gasteiger charge is -2.29. The normalized spacial score (nSPS) is 12.3. The van der Waals surface area contributed by atoms with Crippen molar-refractivity contribution in [2.75, 3.05) is 6.54 Å². The second-order valence-corrected chi connectivity index (χ2v) is 8.97. The number of benzene rings is 2. The fourth-order valence-electron chi connectivity index (χ4n) is 3.44. The van der Waals surface area contributed by atoms with E-state index in [0.717, 1.165) is 16.7 Å². The maximum atomic E-state index is 13.2. The van der Waals surface area contributed by atoms with Crippen molar-refractivity contribution in [3.8, 4) is 0 Å². The lowest BCUT2D eigenvalue weighted by Crippen LogP contribution is -2.47. The van der Waals surface area contributed by atoms with Crippen LogP contribution in [-0.4, -0.2) is 29.3 Å². The molecule has 0 aliphatic rings. The Morgan fingerprint density at radius 2 is 1.67 bits per heavy atom. The fourth-order valence-corrected chi connectivity index (χ4v) is 3.44. The first-order valence-electron chi connectivity index (χ1n) is 10.8. The standard InChI is InChI=1S/C26H36N2O2/c1-7-27-25(30)20(3)28(18-22-11-9-8-10-19(22)2)24(29)17-14-21-12-15-23(16-13-21)26(4,5)6/h8-13,15-16,20H,7,14,17-18H2,1-6H3,(H,27,30)/t20-/m0/s1. The zero-order chi connectivity index (χ0) is 22.3. The Hall–Kier alpha value is -2.62. The molecule has 162 valence electrons. The molecule has 2 aromatic carbocycles. The molecule has 4 nitrogen and oxygen atoms in total. The maximum absolute atomic E-state index is 13.2. The summed E-state index contributed by atoms with van der Waals surface area (Å²) in [7, 11) is 0. The molecule has 0 aliphatic carbocycles. The van der Waals surface area contributed by atoms with E-state index in [0.29, 0.717) is 25.9 Å². The molecule has 0 spiro atoms. The monoisotopic (exact) mass is 408 g/mol.